The van der Waals surface area contributed by atoms with E-state index in [-0.39, 0.29) is 11.8 Å². The largest absolute Gasteiger partial charge is 0.497 e. The van der Waals surface area contributed by atoms with Gasteiger partial charge in [0.15, 0.2) is 0 Å². The quantitative estimate of drug-likeness (QED) is 0.615. The van der Waals surface area contributed by atoms with Gasteiger partial charge in [-0.05, 0) is 61.8 Å². The summed E-state index contributed by atoms with van der Waals surface area (Å²) in [5.41, 5.74) is 7.36. The van der Waals surface area contributed by atoms with E-state index in [0.29, 0.717) is 29.6 Å². The second kappa shape index (κ2) is 9.78. The molecule has 0 atom stereocenters. The van der Waals surface area contributed by atoms with Crippen LogP contribution in [0.3, 0.4) is 0 Å². The first-order valence-corrected chi connectivity index (χ1v) is 10.7. The molecule has 1 aliphatic rings. The van der Waals surface area contributed by atoms with Gasteiger partial charge in [0.05, 0.1) is 7.11 Å². The van der Waals surface area contributed by atoms with Gasteiger partial charge in [-0.2, -0.15) is 0 Å². The number of imidazole rings is 1. The number of hydrogen-bond acceptors (Lipinski definition) is 4. The molecular weight excluding hydrogens is 380 g/mol. The number of methoxy groups -OCH3 is 1. The molecule has 4 N–H and O–H groups in total. The smallest absolute Gasteiger partial charge is 0.267 e. The van der Waals surface area contributed by atoms with Crippen molar-refractivity contribution in [1.82, 2.24) is 15.3 Å². The molecule has 2 aromatic rings. The summed E-state index contributed by atoms with van der Waals surface area (Å²) in [6, 6.07) is 7.43. The highest BCUT2D eigenvalue weighted by atomic mass is 16.5. The van der Waals surface area contributed by atoms with Crippen LogP contribution in [0.25, 0.3) is 11.3 Å². The minimum absolute atomic E-state index is 0.133. The summed E-state index contributed by atoms with van der Waals surface area (Å²) in [6.45, 7) is 4.84. The number of amides is 2. The van der Waals surface area contributed by atoms with Crippen LogP contribution in [0.15, 0.2) is 24.3 Å². The van der Waals surface area contributed by atoms with Crippen molar-refractivity contribution in [1.29, 1.82) is 0 Å². The molecule has 0 unspecified atom stereocenters. The molecule has 1 heterocycles. The van der Waals surface area contributed by atoms with E-state index < -0.39 is 5.91 Å². The second-order valence-corrected chi connectivity index (χ2v) is 8.56. The fourth-order valence-corrected chi connectivity index (χ4v) is 4.06. The highest BCUT2D eigenvalue weighted by Gasteiger charge is 2.27. The zero-order chi connectivity index (χ0) is 21.7. The van der Waals surface area contributed by atoms with Crippen molar-refractivity contribution in [2.24, 2.45) is 17.6 Å². The number of aromatic amines is 1. The minimum atomic E-state index is -0.513. The van der Waals surface area contributed by atoms with Crippen LogP contribution in [0.2, 0.25) is 0 Å². The molecule has 0 bridgehead atoms. The molecule has 30 heavy (non-hydrogen) atoms. The molecule has 0 radical (unpaired) electrons. The molecule has 1 aromatic heterocycles. The van der Waals surface area contributed by atoms with Crippen LogP contribution >= 0.6 is 0 Å². The topological polar surface area (TPSA) is 110 Å². The summed E-state index contributed by atoms with van der Waals surface area (Å²) in [7, 11) is 1.61. The van der Waals surface area contributed by atoms with Crippen molar-refractivity contribution >= 4 is 11.8 Å². The molecule has 0 aliphatic heterocycles. The van der Waals surface area contributed by atoms with Crippen molar-refractivity contribution < 1.29 is 14.3 Å². The Balaban J connectivity index is 1.64. The first-order chi connectivity index (χ1) is 14.4. The third-order valence-electron chi connectivity index (χ3n) is 5.75. The van der Waals surface area contributed by atoms with E-state index in [1.165, 1.54) is 0 Å². The van der Waals surface area contributed by atoms with Crippen LogP contribution in [-0.4, -0.2) is 35.4 Å². The molecule has 0 spiro atoms. The van der Waals surface area contributed by atoms with Gasteiger partial charge in [-0.3, -0.25) is 9.59 Å². The molecule has 1 aliphatic carbocycles. The molecule has 1 aromatic carbocycles. The van der Waals surface area contributed by atoms with Crippen LogP contribution in [-0.2, 0) is 4.79 Å². The van der Waals surface area contributed by atoms with Gasteiger partial charge < -0.3 is 20.8 Å². The van der Waals surface area contributed by atoms with E-state index in [9.17, 15) is 9.59 Å². The molecule has 3 rings (SSSR count). The molecular formula is C23H32N4O3. The van der Waals surface area contributed by atoms with Gasteiger partial charge in [0.2, 0.25) is 5.91 Å². The van der Waals surface area contributed by atoms with Crippen LogP contribution in [0, 0.1) is 11.8 Å². The van der Waals surface area contributed by atoms with Crippen molar-refractivity contribution in [2.45, 2.75) is 51.9 Å². The zero-order valence-electron chi connectivity index (χ0n) is 18.0. The summed E-state index contributed by atoms with van der Waals surface area (Å²) in [5.74, 6) is 2.31. The number of nitrogens with two attached hydrogens (primary N) is 1. The Bertz CT molecular complexity index is 865. The van der Waals surface area contributed by atoms with Gasteiger partial charge >= 0.3 is 0 Å². The van der Waals surface area contributed by atoms with E-state index >= 15 is 0 Å². The number of primary amides is 1. The predicted molar refractivity (Wildman–Crippen MR) is 116 cm³/mol. The molecule has 1 fully saturated rings. The number of nitrogens with zero attached hydrogens (tertiary/aromatic N) is 1. The van der Waals surface area contributed by atoms with E-state index in [1.54, 1.807) is 7.11 Å². The van der Waals surface area contributed by atoms with Crippen LogP contribution in [0.5, 0.6) is 5.75 Å². The fourth-order valence-electron chi connectivity index (χ4n) is 4.06. The van der Waals surface area contributed by atoms with Gasteiger partial charge in [-0.25, -0.2) is 4.98 Å². The number of hydrogen-bond donors (Lipinski definition) is 3. The van der Waals surface area contributed by atoms with Gasteiger partial charge in [-0.1, -0.05) is 13.8 Å². The maximum absolute atomic E-state index is 12.0. The number of benzene rings is 1. The fraction of sp³-hybridized carbons (Fsp3) is 0.522. The number of carbonyl (C=O) groups is 2. The van der Waals surface area contributed by atoms with Crippen LogP contribution in [0.4, 0.5) is 0 Å². The number of nitrogens with one attached hydrogen (secondary N) is 2. The average molecular weight is 413 g/mol. The Hall–Kier alpha value is -2.83. The maximum atomic E-state index is 12.0. The Morgan fingerprint density at radius 1 is 1.20 bits per heavy atom. The first kappa shape index (κ1) is 21.9. The number of aromatic nitrogens is 2. The van der Waals surface area contributed by atoms with E-state index in [1.807, 2.05) is 24.3 Å². The predicted octanol–water partition coefficient (Wildman–Crippen LogP) is 3.62. The third kappa shape index (κ3) is 5.40. The van der Waals surface area contributed by atoms with E-state index in [2.05, 4.69) is 24.1 Å². The zero-order valence-corrected chi connectivity index (χ0v) is 18.0. The molecule has 7 nitrogen and oxygen atoms in total. The lowest BCUT2D eigenvalue weighted by molar-refractivity contribution is -0.122. The summed E-state index contributed by atoms with van der Waals surface area (Å²) < 4.78 is 5.20. The van der Waals surface area contributed by atoms with Crippen molar-refractivity contribution in [3.05, 3.63) is 35.8 Å². The van der Waals surface area contributed by atoms with Gasteiger partial charge in [0.1, 0.15) is 23.0 Å². The first-order valence-electron chi connectivity index (χ1n) is 10.7. The molecule has 0 saturated heterocycles. The summed E-state index contributed by atoms with van der Waals surface area (Å²) in [4.78, 5) is 31.8. The normalized spacial score (nSPS) is 18.9. The van der Waals surface area contributed by atoms with E-state index in [4.69, 9.17) is 15.5 Å². The Kier molecular flexibility index (Phi) is 7.13. The summed E-state index contributed by atoms with van der Waals surface area (Å²) in [5, 5.41) is 3.06. The summed E-state index contributed by atoms with van der Waals surface area (Å²) >= 11 is 0. The molecule has 2 amide bonds. The monoisotopic (exact) mass is 412 g/mol. The van der Waals surface area contributed by atoms with Crippen molar-refractivity contribution in [3.8, 4) is 17.0 Å². The molecule has 1 saturated carbocycles. The van der Waals surface area contributed by atoms with Crippen LogP contribution < -0.4 is 15.8 Å². The Morgan fingerprint density at radius 3 is 2.43 bits per heavy atom. The number of rotatable bonds is 8. The maximum Gasteiger partial charge on any atom is 0.267 e. The highest BCUT2D eigenvalue weighted by molar-refractivity contribution is 5.97. The van der Waals surface area contributed by atoms with E-state index in [0.717, 1.165) is 49.4 Å². The van der Waals surface area contributed by atoms with Crippen LogP contribution in [0.1, 0.15) is 68.2 Å². The Labute approximate surface area is 177 Å². The van der Waals surface area contributed by atoms with Gasteiger partial charge in [-0.15, -0.1) is 0 Å². The summed E-state index contributed by atoms with van der Waals surface area (Å²) in [6.07, 6.45) is 4.57. The lowest BCUT2D eigenvalue weighted by atomic mass is 9.81. The SMILES string of the molecule is COc1ccc(-c2nc(C3CCC(CNC(=O)CC(C)C)CC3)[nH]c2C(N)=O)cc1. The van der Waals surface area contributed by atoms with Gasteiger partial charge in [0, 0.05) is 24.4 Å². The lowest BCUT2D eigenvalue weighted by Gasteiger charge is -2.27. The standard InChI is InChI=1S/C23H32N4O3/c1-14(2)12-19(28)25-13-15-4-6-17(7-5-15)23-26-20(21(27-23)22(24)29)16-8-10-18(30-3)11-9-16/h8-11,14-15,17H,4-7,12-13H2,1-3H3,(H2,24,29)(H,25,28)(H,26,27). The molecule has 7 heteroatoms. The molecule has 162 valence electrons. The number of carbonyl (C=O) groups excluding carboxylic acids is 2. The third-order valence-corrected chi connectivity index (χ3v) is 5.75. The lowest BCUT2D eigenvalue weighted by Crippen LogP contribution is -2.31. The minimum Gasteiger partial charge on any atom is -0.497 e. The highest BCUT2D eigenvalue weighted by Crippen LogP contribution is 2.36. The van der Waals surface area contributed by atoms with Crippen molar-refractivity contribution in [2.75, 3.05) is 13.7 Å². The number of ether oxygens (including phenoxy) is 1. The Morgan fingerprint density at radius 2 is 1.87 bits per heavy atom. The van der Waals surface area contributed by atoms with Gasteiger partial charge in [0.25, 0.3) is 5.91 Å². The van der Waals surface area contributed by atoms with Crippen molar-refractivity contribution in [3.63, 3.8) is 0 Å². The number of H-pyrrole nitrogens is 1. The average Bonchev–Trinajstić information content (AvgIpc) is 3.18. The second-order valence-electron chi connectivity index (χ2n) is 8.56.